The first-order valence-electron chi connectivity index (χ1n) is 4.41. The van der Waals surface area contributed by atoms with Crippen LogP contribution < -0.4 is 5.73 Å². The molecule has 6 nitrogen and oxygen atoms in total. The topological polar surface area (TPSA) is 78.9 Å². The Hall–Kier alpha value is -1.01. The van der Waals surface area contributed by atoms with Crippen LogP contribution in [0.25, 0.3) is 0 Å². The fourth-order valence-electron chi connectivity index (χ4n) is 1.01. The van der Waals surface area contributed by atoms with Crippen molar-refractivity contribution in [2.45, 2.75) is 19.9 Å². The highest BCUT2D eigenvalue weighted by atomic mass is 16.5. The lowest BCUT2D eigenvalue weighted by Gasteiger charge is -2.02. The quantitative estimate of drug-likeness (QED) is 0.588. The Morgan fingerprint density at radius 1 is 1.54 bits per heavy atom. The van der Waals surface area contributed by atoms with Crippen molar-refractivity contribution in [2.24, 2.45) is 5.73 Å². The summed E-state index contributed by atoms with van der Waals surface area (Å²) in [6, 6.07) is 0. The van der Waals surface area contributed by atoms with Gasteiger partial charge < -0.3 is 10.5 Å². The maximum Gasteiger partial charge on any atom is 0.153 e. The van der Waals surface area contributed by atoms with E-state index in [1.807, 2.05) is 6.92 Å². The zero-order chi connectivity index (χ0) is 9.52. The van der Waals surface area contributed by atoms with Gasteiger partial charge in [0.15, 0.2) is 5.82 Å². The fourth-order valence-corrected chi connectivity index (χ4v) is 1.01. The molecule has 0 aliphatic heterocycles. The van der Waals surface area contributed by atoms with Crippen molar-refractivity contribution >= 4 is 0 Å². The van der Waals surface area contributed by atoms with Gasteiger partial charge in [-0.1, -0.05) is 0 Å². The Morgan fingerprint density at radius 3 is 3.08 bits per heavy atom. The van der Waals surface area contributed by atoms with Gasteiger partial charge in [0.1, 0.15) is 0 Å². The van der Waals surface area contributed by atoms with Gasteiger partial charge in [0.2, 0.25) is 0 Å². The third kappa shape index (κ3) is 3.08. The second-order valence-electron chi connectivity index (χ2n) is 2.55. The molecular formula is C7H15N5O. The van der Waals surface area contributed by atoms with E-state index in [1.165, 1.54) is 0 Å². The monoisotopic (exact) mass is 185 g/mol. The summed E-state index contributed by atoms with van der Waals surface area (Å²) in [5.41, 5.74) is 5.40. The van der Waals surface area contributed by atoms with E-state index in [1.54, 1.807) is 4.68 Å². The molecule has 0 aliphatic carbocycles. The van der Waals surface area contributed by atoms with E-state index in [4.69, 9.17) is 10.5 Å². The third-order valence-electron chi connectivity index (χ3n) is 1.62. The highest BCUT2D eigenvalue weighted by molar-refractivity contribution is 4.80. The van der Waals surface area contributed by atoms with Gasteiger partial charge in [0.05, 0.1) is 13.2 Å². The van der Waals surface area contributed by atoms with E-state index >= 15 is 0 Å². The largest absolute Gasteiger partial charge is 0.381 e. The van der Waals surface area contributed by atoms with Crippen LogP contribution in [0.5, 0.6) is 0 Å². The predicted molar refractivity (Wildman–Crippen MR) is 47.1 cm³/mol. The summed E-state index contributed by atoms with van der Waals surface area (Å²) < 4.78 is 6.91. The minimum Gasteiger partial charge on any atom is -0.381 e. The average Bonchev–Trinajstić information content (AvgIpc) is 2.54. The third-order valence-corrected chi connectivity index (χ3v) is 1.62. The average molecular weight is 185 g/mol. The summed E-state index contributed by atoms with van der Waals surface area (Å²) in [5.74, 6) is 0.832. The van der Waals surface area contributed by atoms with Crippen LogP contribution in [0, 0.1) is 0 Å². The van der Waals surface area contributed by atoms with Crippen molar-refractivity contribution in [3.63, 3.8) is 0 Å². The fraction of sp³-hybridized carbons (Fsp3) is 0.857. The number of tetrazole rings is 1. The van der Waals surface area contributed by atoms with Gasteiger partial charge in [0, 0.05) is 19.6 Å². The minimum atomic E-state index is 0.548. The molecule has 1 aromatic heterocycles. The van der Waals surface area contributed by atoms with E-state index < -0.39 is 0 Å². The number of ether oxygens (including phenoxy) is 1. The van der Waals surface area contributed by atoms with Crippen LogP contribution >= 0.6 is 0 Å². The van der Waals surface area contributed by atoms with Crippen molar-refractivity contribution in [1.82, 2.24) is 20.2 Å². The molecule has 1 rings (SSSR count). The molecule has 0 atom stereocenters. The zero-order valence-electron chi connectivity index (χ0n) is 7.81. The molecule has 0 aliphatic rings. The first-order chi connectivity index (χ1) is 6.38. The molecule has 2 N–H and O–H groups in total. The molecule has 0 amide bonds. The highest BCUT2D eigenvalue weighted by Gasteiger charge is 2.03. The second-order valence-corrected chi connectivity index (χ2v) is 2.55. The standard InChI is InChI=1S/C7H15N5O/c1-2-13-6-3-7-9-10-11-12(7)5-4-8/h2-6,8H2,1H3. The Labute approximate surface area is 77.1 Å². The lowest BCUT2D eigenvalue weighted by molar-refractivity contribution is 0.148. The summed E-state index contributed by atoms with van der Waals surface area (Å²) in [6.07, 6.45) is 0.737. The number of nitrogens with two attached hydrogens (primary N) is 1. The van der Waals surface area contributed by atoms with Gasteiger partial charge in [-0.2, -0.15) is 0 Å². The van der Waals surface area contributed by atoms with Gasteiger partial charge in [0.25, 0.3) is 0 Å². The summed E-state index contributed by atoms with van der Waals surface area (Å²) in [4.78, 5) is 0. The summed E-state index contributed by atoms with van der Waals surface area (Å²) in [5, 5.41) is 11.2. The molecule has 0 spiro atoms. The number of hydrogen-bond donors (Lipinski definition) is 1. The smallest absolute Gasteiger partial charge is 0.153 e. The number of rotatable bonds is 6. The van der Waals surface area contributed by atoms with Crippen molar-refractivity contribution in [1.29, 1.82) is 0 Å². The molecule has 0 radical (unpaired) electrons. The zero-order valence-corrected chi connectivity index (χ0v) is 7.81. The van der Waals surface area contributed by atoms with Crippen LogP contribution in [0.15, 0.2) is 0 Å². The molecule has 1 aromatic rings. The summed E-state index contributed by atoms with van der Waals surface area (Å²) >= 11 is 0. The lowest BCUT2D eigenvalue weighted by Crippen LogP contribution is -2.15. The van der Waals surface area contributed by atoms with Crippen LogP contribution in [0.2, 0.25) is 0 Å². The molecule has 74 valence electrons. The van der Waals surface area contributed by atoms with Crippen LogP contribution in [0.4, 0.5) is 0 Å². The Balaban J connectivity index is 2.40. The highest BCUT2D eigenvalue weighted by Crippen LogP contribution is 1.93. The SMILES string of the molecule is CCOCCc1nnnn1CCN. The van der Waals surface area contributed by atoms with Crippen LogP contribution in [-0.2, 0) is 17.7 Å². The van der Waals surface area contributed by atoms with E-state index in [0.717, 1.165) is 18.9 Å². The van der Waals surface area contributed by atoms with E-state index in [2.05, 4.69) is 15.5 Å². The van der Waals surface area contributed by atoms with Gasteiger partial charge in [-0.05, 0) is 17.4 Å². The van der Waals surface area contributed by atoms with E-state index in [0.29, 0.717) is 19.7 Å². The molecule has 0 aromatic carbocycles. The number of hydrogen-bond acceptors (Lipinski definition) is 5. The summed E-state index contributed by atoms with van der Waals surface area (Å²) in [7, 11) is 0. The summed E-state index contributed by atoms with van der Waals surface area (Å²) in [6.45, 7) is 4.55. The maximum absolute atomic E-state index is 5.40. The van der Waals surface area contributed by atoms with Gasteiger partial charge in [-0.25, -0.2) is 4.68 Å². The van der Waals surface area contributed by atoms with Gasteiger partial charge in [-0.3, -0.25) is 0 Å². The Bertz CT molecular complexity index is 237. The van der Waals surface area contributed by atoms with Crippen molar-refractivity contribution < 1.29 is 4.74 Å². The lowest BCUT2D eigenvalue weighted by atomic mass is 10.4. The Morgan fingerprint density at radius 2 is 2.38 bits per heavy atom. The molecule has 13 heavy (non-hydrogen) atoms. The van der Waals surface area contributed by atoms with Crippen molar-refractivity contribution in [3.8, 4) is 0 Å². The normalized spacial score (nSPS) is 10.6. The molecule has 0 unspecified atom stereocenters. The molecule has 0 fully saturated rings. The molecule has 6 heteroatoms. The molecule has 0 saturated carbocycles. The van der Waals surface area contributed by atoms with Crippen LogP contribution in [-0.4, -0.2) is 40.0 Å². The molecule has 0 saturated heterocycles. The minimum absolute atomic E-state index is 0.548. The van der Waals surface area contributed by atoms with Crippen molar-refractivity contribution in [3.05, 3.63) is 5.82 Å². The first kappa shape index (κ1) is 10.1. The maximum atomic E-state index is 5.40. The van der Waals surface area contributed by atoms with Gasteiger partial charge >= 0.3 is 0 Å². The molecule has 1 heterocycles. The molecule has 0 bridgehead atoms. The number of nitrogens with zero attached hydrogens (tertiary/aromatic N) is 4. The van der Waals surface area contributed by atoms with Crippen molar-refractivity contribution in [2.75, 3.05) is 19.8 Å². The molecular weight excluding hydrogens is 170 g/mol. The van der Waals surface area contributed by atoms with Crippen LogP contribution in [0.3, 0.4) is 0 Å². The second kappa shape index (κ2) is 5.60. The predicted octanol–water partition coefficient (Wildman–Crippen LogP) is -0.789. The first-order valence-corrected chi connectivity index (χ1v) is 4.41. The van der Waals surface area contributed by atoms with E-state index in [-0.39, 0.29) is 0 Å². The van der Waals surface area contributed by atoms with Crippen LogP contribution in [0.1, 0.15) is 12.7 Å². The van der Waals surface area contributed by atoms with E-state index in [9.17, 15) is 0 Å². The number of aromatic nitrogens is 4. The Kier molecular flexibility index (Phi) is 4.34. The van der Waals surface area contributed by atoms with Gasteiger partial charge in [-0.15, -0.1) is 5.10 Å².